The van der Waals surface area contributed by atoms with Gasteiger partial charge >= 0.3 is 5.97 Å². The van der Waals surface area contributed by atoms with Gasteiger partial charge in [-0.3, -0.25) is 4.79 Å². The van der Waals surface area contributed by atoms with Crippen LogP contribution >= 0.6 is 0 Å². The van der Waals surface area contributed by atoms with Gasteiger partial charge in [0.25, 0.3) is 0 Å². The molecule has 0 saturated heterocycles. The van der Waals surface area contributed by atoms with E-state index in [0.29, 0.717) is 6.42 Å². The summed E-state index contributed by atoms with van der Waals surface area (Å²) in [4.78, 5) is 31.3. The summed E-state index contributed by atoms with van der Waals surface area (Å²) in [6, 6.07) is 0. The third-order valence-electron chi connectivity index (χ3n) is 7.58. The van der Waals surface area contributed by atoms with Crippen LogP contribution in [0.15, 0.2) is 112 Å². The number of nitrogens with zero attached hydrogens (tertiary/aromatic N) is 4. The van der Waals surface area contributed by atoms with Gasteiger partial charge in [0.2, 0.25) is 0 Å². The standard InChI is InChI=1S/C31H32N4O2/c1-7-21-18(5)27-15-30-22(8-2)17(4)25(34-30)14-26-19(6)23(9-10-31(36)37)28(33-26)12-20-11-16(3)24(32-20)13-29(21)35-27/h11-15H,7-10H2,1-6H3,(H,36,37). The lowest BCUT2D eigenvalue weighted by molar-refractivity contribution is -0.136. The number of rotatable bonds is 5. The number of aliphatic imine (C=N–C) groups is 4. The van der Waals surface area contributed by atoms with E-state index in [9.17, 15) is 9.90 Å². The first-order valence-corrected chi connectivity index (χ1v) is 12.9. The second kappa shape index (κ2) is 9.51. The molecule has 0 spiro atoms. The van der Waals surface area contributed by atoms with Crippen LogP contribution in [0.4, 0.5) is 0 Å². The van der Waals surface area contributed by atoms with Crippen LogP contribution in [0.2, 0.25) is 0 Å². The number of allylic oxidation sites excluding steroid dienone is 12. The van der Waals surface area contributed by atoms with E-state index in [-0.39, 0.29) is 6.42 Å². The van der Waals surface area contributed by atoms with Gasteiger partial charge < -0.3 is 5.11 Å². The molecule has 188 valence electrons. The molecule has 1 N–H and O–H groups in total. The summed E-state index contributed by atoms with van der Waals surface area (Å²) < 4.78 is 0. The smallest absolute Gasteiger partial charge is 0.303 e. The van der Waals surface area contributed by atoms with Gasteiger partial charge in [0, 0.05) is 6.42 Å². The molecule has 8 bridgehead atoms. The van der Waals surface area contributed by atoms with Crippen molar-refractivity contribution < 1.29 is 9.90 Å². The van der Waals surface area contributed by atoms with E-state index >= 15 is 0 Å². The fourth-order valence-corrected chi connectivity index (χ4v) is 5.41. The van der Waals surface area contributed by atoms with Crippen molar-refractivity contribution in [2.75, 3.05) is 0 Å². The first-order chi connectivity index (χ1) is 17.7. The number of aliphatic carboxylic acids is 1. The number of carbonyl (C=O) groups is 1. The summed E-state index contributed by atoms with van der Waals surface area (Å²) in [5, 5.41) is 9.34. The zero-order valence-electron chi connectivity index (χ0n) is 22.4. The molecular weight excluding hydrogens is 460 g/mol. The third-order valence-corrected chi connectivity index (χ3v) is 7.58. The highest BCUT2D eigenvalue weighted by Gasteiger charge is 2.26. The largest absolute Gasteiger partial charge is 0.481 e. The summed E-state index contributed by atoms with van der Waals surface area (Å²) in [7, 11) is 0. The Morgan fingerprint density at radius 2 is 1.19 bits per heavy atom. The molecule has 6 heteroatoms. The van der Waals surface area contributed by atoms with Crippen molar-refractivity contribution in [3.63, 3.8) is 0 Å². The van der Waals surface area contributed by atoms with E-state index < -0.39 is 5.97 Å². The molecule has 5 heterocycles. The number of hydrogen-bond acceptors (Lipinski definition) is 5. The zero-order chi connectivity index (χ0) is 26.4. The predicted molar refractivity (Wildman–Crippen MR) is 151 cm³/mol. The van der Waals surface area contributed by atoms with Crippen LogP contribution in [0.5, 0.6) is 0 Å². The SMILES string of the molecule is CCC1=C(C)C2=NC1=CC1=NC(=CC3=NC(=CC4=NC(=C2)C(C)=C4CCC(=O)O)C=C3C)C(CC)=C1C. The number of carboxylic acids is 1. The zero-order valence-corrected chi connectivity index (χ0v) is 22.4. The van der Waals surface area contributed by atoms with E-state index in [1.165, 1.54) is 16.7 Å². The second-order valence-electron chi connectivity index (χ2n) is 9.88. The van der Waals surface area contributed by atoms with Crippen molar-refractivity contribution in [1.82, 2.24) is 0 Å². The summed E-state index contributed by atoms with van der Waals surface area (Å²) >= 11 is 0. The minimum atomic E-state index is -0.820. The molecule has 0 aromatic heterocycles. The van der Waals surface area contributed by atoms with Crippen LogP contribution in [0, 0.1) is 0 Å². The normalized spacial score (nSPS) is 20.9. The number of hydrogen-bond donors (Lipinski definition) is 1. The molecule has 0 saturated carbocycles. The molecular formula is C31H32N4O2. The Bertz CT molecular complexity index is 1520. The van der Waals surface area contributed by atoms with Gasteiger partial charge in [0.15, 0.2) is 0 Å². The van der Waals surface area contributed by atoms with Crippen LogP contribution in [0.1, 0.15) is 67.2 Å². The lowest BCUT2D eigenvalue weighted by Gasteiger charge is -2.04. The maximum Gasteiger partial charge on any atom is 0.303 e. The highest BCUT2D eigenvalue weighted by molar-refractivity contribution is 6.19. The lowest BCUT2D eigenvalue weighted by atomic mass is 9.98. The molecule has 0 aromatic rings. The maximum absolute atomic E-state index is 11.4. The summed E-state index contributed by atoms with van der Waals surface area (Å²) in [5.41, 5.74) is 14.8. The Kier molecular flexibility index (Phi) is 6.36. The lowest BCUT2D eigenvalue weighted by Crippen LogP contribution is -2.02. The van der Waals surface area contributed by atoms with Gasteiger partial charge in [-0.05, 0) is 116 Å². The highest BCUT2D eigenvalue weighted by atomic mass is 16.4. The van der Waals surface area contributed by atoms with E-state index in [2.05, 4.69) is 52.8 Å². The average Bonchev–Trinajstić information content (AvgIpc) is 3.52. The molecule has 0 atom stereocenters. The Labute approximate surface area is 218 Å². The molecule has 0 aliphatic carbocycles. The average molecular weight is 493 g/mol. The molecule has 0 fully saturated rings. The Morgan fingerprint density at radius 1 is 0.649 bits per heavy atom. The molecule has 0 unspecified atom stereocenters. The Morgan fingerprint density at radius 3 is 1.76 bits per heavy atom. The molecule has 0 radical (unpaired) electrons. The van der Waals surface area contributed by atoms with Gasteiger partial charge in [-0.2, -0.15) is 0 Å². The van der Waals surface area contributed by atoms with Crippen LogP contribution < -0.4 is 0 Å². The fourth-order valence-electron chi connectivity index (χ4n) is 5.41. The minimum absolute atomic E-state index is 0.0516. The van der Waals surface area contributed by atoms with E-state index in [4.69, 9.17) is 20.0 Å². The quantitative estimate of drug-likeness (QED) is 0.451. The monoisotopic (exact) mass is 492 g/mol. The molecule has 6 nitrogen and oxygen atoms in total. The first kappa shape index (κ1) is 24.8. The van der Waals surface area contributed by atoms with Crippen LogP contribution in [0.3, 0.4) is 0 Å². The molecule has 5 aliphatic rings. The van der Waals surface area contributed by atoms with Crippen molar-refractivity contribution in [2.24, 2.45) is 20.0 Å². The topological polar surface area (TPSA) is 86.7 Å². The fraction of sp³-hybridized carbons (Fsp3) is 0.323. The van der Waals surface area contributed by atoms with Crippen molar-refractivity contribution in [2.45, 2.75) is 67.2 Å². The molecule has 5 aliphatic heterocycles. The van der Waals surface area contributed by atoms with E-state index in [0.717, 1.165) is 80.8 Å². The van der Waals surface area contributed by atoms with E-state index in [1.807, 2.05) is 19.1 Å². The summed E-state index contributed by atoms with van der Waals surface area (Å²) in [6.07, 6.45) is 12.5. The van der Waals surface area contributed by atoms with Crippen molar-refractivity contribution >= 4 is 28.8 Å². The predicted octanol–water partition coefficient (Wildman–Crippen LogP) is 6.93. The van der Waals surface area contributed by atoms with Gasteiger partial charge in [-0.25, -0.2) is 20.0 Å². The summed E-state index contributed by atoms with van der Waals surface area (Å²) in [6.45, 7) is 12.6. The molecule has 0 aromatic carbocycles. The molecule has 0 amide bonds. The van der Waals surface area contributed by atoms with Gasteiger partial charge in [0.05, 0.1) is 45.6 Å². The first-order valence-electron chi connectivity index (χ1n) is 12.9. The van der Waals surface area contributed by atoms with Gasteiger partial charge in [-0.1, -0.05) is 13.8 Å². The van der Waals surface area contributed by atoms with Gasteiger partial charge in [0.1, 0.15) is 0 Å². The molecule has 37 heavy (non-hydrogen) atoms. The minimum Gasteiger partial charge on any atom is -0.481 e. The Hall–Kier alpha value is -3.93. The number of fused-ring (bicyclic) bond motifs is 4. The second-order valence-corrected chi connectivity index (χ2v) is 9.88. The van der Waals surface area contributed by atoms with Crippen LogP contribution in [-0.4, -0.2) is 33.9 Å². The van der Waals surface area contributed by atoms with Crippen molar-refractivity contribution in [3.05, 3.63) is 92.2 Å². The highest BCUT2D eigenvalue weighted by Crippen LogP contribution is 2.36. The van der Waals surface area contributed by atoms with Gasteiger partial charge in [-0.15, -0.1) is 0 Å². The summed E-state index contributed by atoms with van der Waals surface area (Å²) in [5.74, 6) is -0.820. The van der Waals surface area contributed by atoms with Crippen LogP contribution in [0.25, 0.3) is 0 Å². The third kappa shape index (κ3) is 4.41. The maximum atomic E-state index is 11.4. The Balaban J connectivity index is 1.74. The number of carboxylic acid groups (broad SMARTS) is 1. The molecule has 5 rings (SSSR count). The van der Waals surface area contributed by atoms with E-state index in [1.54, 1.807) is 0 Å². The van der Waals surface area contributed by atoms with Crippen LogP contribution in [-0.2, 0) is 4.79 Å². The van der Waals surface area contributed by atoms with Crippen molar-refractivity contribution in [3.8, 4) is 0 Å². The van der Waals surface area contributed by atoms with Crippen molar-refractivity contribution in [1.29, 1.82) is 0 Å².